The average Bonchev–Trinajstić information content (AvgIpc) is 2.61. The molecule has 0 unspecified atom stereocenters. The molecule has 0 aromatic heterocycles. The Hall–Kier alpha value is -2.86. The number of hydrogen-bond acceptors (Lipinski definition) is 4. The first-order valence-corrected chi connectivity index (χ1v) is 8.01. The molecule has 0 saturated carbocycles. The maximum Gasteiger partial charge on any atom is 0.335 e. The van der Waals surface area contributed by atoms with Crippen molar-refractivity contribution < 1.29 is 24.2 Å². The predicted octanol–water partition coefficient (Wildman–Crippen LogP) is 3.33. The number of rotatable bonds is 9. The highest BCUT2D eigenvalue weighted by Gasteiger charge is 2.12. The van der Waals surface area contributed by atoms with Crippen molar-refractivity contribution in [1.29, 1.82) is 0 Å². The van der Waals surface area contributed by atoms with Crippen LogP contribution < -0.4 is 10.1 Å². The average molecular weight is 343 g/mol. The molecule has 132 valence electrons. The summed E-state index contributed by atoms with van der Waals surface area (Å²) in [4.78, 5) is 23.2. The van der Waals surface area contributed by atoms with Gasteiger partial charge in [-0.25, -0.2) is 4.79 Å². The number of benzene rings is 2. The van der Waals surface area contributed by atoms with Gasteiger partial charge >= 0.3 is 5.97 Å². The molecule has 0 aliphatic heterocycles. The Morgan fingerprint density at radius 1 is 1.12 bits per heavy atom. The second kappa shape index (κ2) is 9.44. The van der Waals surface area contributed by atoms with Crippen LogP contribution in [0.15, 0.2) is 48.5 Å². The van der Waals surface area contributed by atoms with Crippen molar-refractivity contribution in [2.75, 3.05) is 18.5 Å². The van der Waals surface area contributed by atoms with Crippen molar-refractivity contribution in [2.45, 2.75) is 20.0 Å². The van der Waals surface area contributed by atoms with Crippen molar-refractivity contribution in [3.63, 3.8) is 0 Å². The van der Waals surface area contributed by atoms with Crippen molar-refractivity contribution in [3.05, 3.63) is 59.7 Å². The fraction of sp³-hybridized carbons (Fsp3) is 0.263. The number of carboxylic acids is 1. The SMILES string of the molecule is CCOCCC(=O)Nc1cc(C(=O)O)ccc1OCc1ccccc1. The first kappa shape index (κ1) is 18.5. The van der Waals surface area contributed by atoms with Gasteiger partial charge in [0, 0.05) is 6.61 Å². The van der Waals surface area contributed by atoms with E-state index in [9.17, 15) is 9.59 Å². The van der Waals surface area contributed by atoms with Crippen LogP contribution in [0, 0.1) is 0 Å². The largest absolute Gasteiger partial charge is 0.487 e. The number of carbonyl (C=O) groups excluding carboxylic acids is 1. The van der Waals surface area contributed by atoms with Crippen LogP contribution in [-0.2, 0) is 16.1 Å². The van der Waals surface area contributed by atoms with Crippen LogP contribution in [0.4, 0.5) is 5.69 Å². The highest BCUT2D eigenvalue weighted by atomic mass is 16.5. The van der Waals surface area contributed by atoms with Gasteiger partial charge < -0.3 is 19.9 Å². The van der Waals surface area contributed by atoms with Gasteiger partial charge in [0.2, 0.25) is 5.91 Å². The van der Waals surface area contributed by atoms with E-state index in [-0.39, 0.29) is 17.9 Å². The molecule has 25 heavy (non-hydrogen) atoms. The smallest absolute Gasteiger partial charge is 0.335 e. The standard InChI is InChI=1S/C19H21NO5/c1-2-24-11-10-18(21)20-16-12-15(19(22)23)8-9-17(16)25-13-14-6-4-3-5-7-14/h3-9,12H,2,10-11,13H2,1H3,(H,20,21)(H,22,23). The minimum atomic E-state index is -1.07. The fourth-order valence-corrected chi connectivity index (χ4v) is 2.14. The van der Waals surface area contributed by atoms with Gasteiger partial charge in [-0.05, 0) is 30.7 Å². The Balaban J connectivity index is 2.11. The lowest BCUT2D eigenvalue weighted by Gasteiger charge is -2.13. The van der Waals surface area contributed by atoms with Gasteiger partial charge in [-0.1, -0.05) is 30.3 Å². The summed E-state index contributed by atoms with van der Waals surface area (Å²) in [6.07, 6.45) is 0.184. The normalized spacial score (nSPS) is 10.3. The Bertz CT molecular complexity index is 715. The number of anilines is 1. The molecule has 0 aliphatic rings. The zero-order chi connectivity index (χ0) is 18.1. The maximum absolute atomic E-state index is 12.0. The molecule has 2 aromatic carbocycles. The van der Waals surface area contributed by atoms with E-state index in [4.69, 9.17) is 14.6 Å². The zero-order valence-corrected chi connectivity index (χ0v) is 14.0. The number of carbonyl (C=O) groups is 2. The summed E-state index contributed by atoms with van der Waals surface area (Å²) in [5.74, 6) is -0.918. The Kier molecular flexibility index (Phi) is 6.98. The molecule has 0 atom stereocenters. The van der Waals surface area contributed by atoms with Gasteiger partial charge in [0.1, 0.15) is 12.4 Å². The van der Waals surface area contributed by atoms with Crippen molar-refractivity contribution in [3.8, 4) is 5.75 Å². The van der Waals surface area contributed by atoms with Crippen LogP contribution in [0.3, 0.4) is 0 Å². The number of ether oxygens (including phenoxy) is 2. The van der Waals surface area contributed by atoms with E-state index in [0.717, 1.165) is 5.56 Å². The summed E-state index contributed by atoms with van der Waals surface area (Å²) in [5.41, 5.74) is 1.38. The molecule has 0 saturated heterocycles. The lowest BCUT2D eigenvalue weighted by Crippen LogP contribution is -2.15. The molecule has 0 heterocycles. The van der Waals surface area contributed by atoms with Crippen LogP contribution in [0.25, 0.3) is 0 Å². The number of aromatic carboxylic acids is 1. The highest BCUT2D eigenvalue weighted by molar-refractivity contribution is 5.95. The minimum Gasteiger partial charge on any atom is -0.487 e. The van der Waals surface area contributed by atoms with Gasteiger partial charge in [0.05, 0.1) is 24.3 Å². The summed E-state index contributed by atoms with van der Waals surface area (Å²) >= 11 is 0. The molecule has 0 fully saturated rings. The van der Waals surface area contributed by atoms with Gasteiger partial charge in [-0.2, -0.15) is 0 Å². The summed E-state index contributed by atoms with van der Waals surface area (Å²) < 4.78 is 10.9. The lowest BCUT2D eigenvalue weighted by molar-refractivity contribution is -0.117. The topological polar surface area (TPSA) is 84.9 Å². The van der Waals surface area contributed by atoms with Crippen molar-refractivity contribution in [2.24, 2.45) is 0 Å². The van der Waals surface area contributed by atoms with Crippen LogP contribution in [0.2, 0.25) is 0 Å². The number of hydrogen-bond donors (Lipinski definition) is 2. The monoisotopic (exact) mass is 343 g/mol. The van der Waals surface area contributed by atoms with E-state index >= 15 is 0 Å². The van der Waals surface area contributed by atoms with E-state index < -0.39 is 5.97 Å². The molecule has 0 aliphatic carbocycles. The quantitative estimate of drug-likeness (QED) is 0.682. The summed E-state index contributed by atoms with van der Waals surface area (Å²) in [7, 11) is 0. The maximum atomic E-state index is 12.0. The van der Waals surface area contributed by atoms with E-state index in [2.05, 4.69) is 5.32 Å². The Morgan fingerprint density at radius 3 is 2.56 bits per heavy atom. The van der Waals surface area contributed by atoms with E-state index in [1.807, 2.05) is 37.3 Å². The van der Waals surface area contributed by atoms with Crippen LogP contribution in [0.1, 0.15) is 29.3 Å². The van der Waals surface area contributed by atoms with Crippen LogP contribution >= 0.6 is 0 Å². The molecular formula is C19H21NO5. The lowest BCUT2D eigenvalue weighted by atomic mass is 10.1. The second-order valence-electron chi connectivity index (χ2n) is 5.29. The van der Waals surface area contributed by atoms with Crippen molar-refractivity contribution >= 4 is 17.6 Å². The first-order valence-electron chi connectivity index (χ1n) is 8.01. The van der Waals surface area contributed by atoms with Gasteiger partial charge in [-0.3, -0.25) is 4.79 Å². The first-order chi connectivity index (χ1) is 12.1. The Morgan fingerprint density at radius 2 is 1.88 bits per heavy atom. The fourth-order valence-electron chi connectivity index (χ4n) is 2.14. The van der Waals surface area contributed by atoms with Gasteiger partial charge in [0.15, 0.2) is 0 Å². The third-order valence-corrected chi connectivity index (χ3v) is 3.42. The molecule has 1 amide bonds. The molecule has 0 bridgehead atoms. The summed E-state index contributed by atoms with van der Waals surface area (Å²) in [5, 5.41) is 11.8. The molecule has 2 N–H and O–H groups in total. The molecule has 2 aromatic rings. The number of nitrogens with one attached hydrogen (secondary N) is 1. The summed E-state index contributed by atoms with van der Waals surface area (Å²) in [6, 6.07) is 13.9. The van der Waals surface area contributed by atoms with Gasteiger partial charge in [0.25, 0.3) is 0 Å². The van der Waals surface area contributed by atoms with Gasteiger partial charge in [-0.15, -0.1) is 0 Å². The molecule has 6 heteroatoms. The van der Waals surface area contributed by atoms with E-state index in [0.29, 0.717) is 31.3 Å². The summed E-state index contributed by atoms with van der Waals surface area (Å²) in [6.45, 7) is 3.01. The third-order valence-electron chi connectivity index (χ3n) is 3.42. The number of amides is 1. The molecule has 0 spiro atoms. The van der Waals surface area contributed by atoms with Crippen LogP contribution in [-0.4, -0.2) is 30.2 Å². The molecule has 2 rings (SSSR count). The van der Waals surface area contributed by atoms with Crippen molar-refractivity contribution in [1.82, 2.24) is 0 Å². The predicted molar refractivity (Wildman–Crippen MR) is 93.9 cm³/mol. The molecular weight excluding hydrogens is 322 g/mol. The molecule has 6 nitrogen and oxygen atoms in total. The van der Waals surface area contributed by atoms with E-state index in [1.54, 1.807) is 6.07 Å². The zero-order valence-electron chi connectivity index (χ0n) is 14.0. The third kappa shape index (κ3) is 5.93. The van der Waals surface area contributed by atoms with E-state index in [1.165, 1.54) is 12.1 Å². The molecule has 0 radical (unpaired) electrons. The van der Waals surface area contributed by atoms with Crippen LogP contribution in [0.5, 0.6) is 5.75 Å². The minimum absolute atomic E-state index is 0.0761. The Labute approximate surface area is 146 Å². The second-order valence-corrected chi connectivity index (χ2v) is 5.29. The number of carboxylic acid groups (broad SMARTS) is 1. The highest BCUT2D eigenvalue weighted by Crippen LogP contribution is 2.27.